The van der Waals surface area contributed by atoms with E-state index in [1.165, 1.54) is 32.3 Å². The second-order valence-corrected chi connectivity index (χ2v) is 14.8. The van der Waals surface area contributed by atoms with Crippen LogP contribution in [0.3, 0.4) is 0 Å². The first-order chi connectivity index (χ1) is 25.1. The molecule has 1 saturated heterocycles. The molecule has 2 aliphatic carbocycles. The molecular weight excluding hydrogens is 718 g/mol. The number of ether oxygens (including phenoxy) is 8. The fourth-order valence-corrected chi connectivity index (χ4v) is 9.01. The molecule has 296 valence electrons. The van der Waals surface area contributed by atoms with E-state index in [0.29, 0.717) is 5.56 Å². The lowest BCUT2D eigenvalue weighted by Gasteiger charge is -2.67. The van der Waals surface area contributed by atoms with Gasteiger partial charge >= 0.3 is 41.8 Å². The van der Waals surface area contributed by atoms with Crippen molar-refractivity contribution in [2.24, 2.45) is 17.3 Å². The van der Waals surface area contributed by atoms with Crippen LogP contribution >= 0.6 is 0 Å². The Kier molecular flexibility index (Phi) is 10.6. The minimum absolute atomic E-state index is 0.0246. The molecule has 2 saturated carbocycles. The minimum atomic E-state index is -2.77. The first-order valence-electron chi connectivity index (χ1n) is 17.3. The topological polar surface area (TPSA) is 247 Å². The molecule has 0 amide bonds. The number of carbonyl (C=O) groups is 7. The van der Waals surface area contributed by atoms with Crippen LogP contribution in [0.15, 0.2) is 18.5 Å². The summed E-state index contributed by atoms with van der Waals surface area (Å²) in [5.41, 5.74) is -9.74. The quantitative estimate of drug-likeness (QED) is 0.295. The van der Waals surface area contributed by atoms with Crippen LogP contribution in [0.1, 0.15) is 84.2 Å². The predicted octanol–water partition coefficient (Wildman–Crippen LogP) is 0.463. The van der Waals surface area contributed by atoms with Crippen LogP contribution in [0, 0.1) is 17.3 Å². The summed E-state index contributed by atoms with van der Waals surface area (Å²) in [6, 6.07) is 1.51. The maximum absolute atomic E-state index is 14.2. The Bertz CT molecular complexity index is 1740. The van der Waals surface area contributed by atoms with Crippen LogP contribution < -0.4 is 0 Å². The molecule has 2 N–H and O–H groups in total. The number of hydrogen-bond donors (Lipinski definition) is 2. The van der Waals surface area contributed by atoms with Crippen molar-refractivity contribution in [3.05, 3.63) is 29.6 Å². The Labute approximate surface area is 310 Å². The van der Waals surface area contributed by atoms with Crippen molar-refractivity contribution in [3.63, 3.8) is 0 Å². The van der Waals surface area contributed by atoms with Gasteiger partial charge in [0.15, 0.2) is 24.4 Å². The first-order valence-corrected chi connectivity index (χ1v) is 17.3. The summed E-state index contributed by atoms with van der Waals surface area (Å²) in [6.45, 7) is 8.81. The second kappa shape index (κ2) is 14.2. The lowest BCUT2D eigenvalue weighted by Crippen LogP contribution is -2.89. The van der Waals surface area contributed by atoms with Crippen molar-refractivity contribution < 1.29 is 81.7 Å². The van der Waals surface area contributed by atoms with Crippen LogP contribution in [0.25, 0.3) is 0 Å². The number of aliphatic hydroxyl groups excluding tert-OH is 1. The van der Waals surface area contributed by atoms with E-state index in [1.54, 1.807) is 6.92 Å². The van der Waals surface area contributed by atoms with Gasteiger partial charge in [0.05, 0.1) is 23.5 Å². The maximum atomic E-state index is 14.2. The molecule has 1 aromatic rings. The highest BCUT2D eigenvalue weighted by Crippen LogP contribution is 2.69. The lowest BCUT2D eigenvalue weighted by atomic mass is 9.45. The molecule has 3 heterocycles. The van der Waals surface area contributed by atoms with Crippen LogP contribution in [-0.4, -0.2) is 124 Å². The molecule has 5 rings (SSSR count). The van der Waals surface area contributed by atoms with Gasteiger partial charge in [0, 0.05) is 47.0 Å². The average Bonchev–Trinajstić information content (AvgIpc) is 3.27. The van der Waals surface area contributed by atoms with Gasteiger partial charge < -0.3 is 48.1 Å². The molecule has 54 heavy (non-hydrogen) atoms. The molecule has 4 bridgehead atoms. The number of nitrogens with zero attached hydrogens (tertiary/aromatic N) is 1. The van der Waals surface area contributed by atoms with E-state index >= 15 is 0 Å². The molecule has 0 aromatic carbocycles. The summed E-state index contributed by atoms with van der Waals surface area (Å²) in [5.74, 6) is -10.3. The second-order valence-electron chi connectivity index (χ2n) is 14.8. The van der Waals surface area contributed by atoms with Gasteiger partial charge in [-0.05, 0) is 31.4 Å². The van der Waals surface area contributed by atoms with E-state index in [4.69, 9.17) is 37.9 Å². The molecule has 18 nitrogen and oxygen atoms in total. The molecule has 3 fully saturated rings. The standard InChI is InChI=1S/C36H45NO17/c1-15-16(2)31(44)53-28-26(50-19(5)40)30(52-21(7)42)35(14-47-17(3)38)29(51-20(6)41)25(49-18(4)39)24-27(43)36(35,34(28,9)46)54-33(24,8)13-48-32(45)23-12-37-11-10-22(15)23/h10-12,15-16,24-30,43,46H,13-14H2,1-9H3/t15-,16+,24-,25-,26+,27-,28+,29-,30+,33+,34+,35-,36+/m1/s1. The van der Waals surface area contributed by atoms with Gasteiger partial charge in [0.2, 0.25) is 0 Å². The van der Waals surface area contributed by atoms with E-state index in [1.807, 2.05) is 0 Å². The Morgan fingerprint density at radius 3 is 1.96 bits per heavy atom. The van der Waals surface area contributed by atoms with E-state index in [9.17, 15) is 43.8 Å². The fourth-order valence-electron chi connectivity index (χ4n) is 9.01. The normalized spacial score (nSPS) is 39.8. The number of aromatic nitrogens is 1. The molecule has 18 heteroatoms. The highest BCUT2D eigenvalue weighted by molar-refractivity contribution is 5.91. The first kappa shape index (κ1) is 40.5. The molecule has 2 aliphatic heterocycles. The summed E-state index contributed by atoms with van der Waals surface area (Å²) in [5, 5.41) is 25.9. The third-order valence-electron chi connectivity index (χ3n) is 11.2. The van der Waals surface area contributed by atoms with Gasteiger partial charge in [-0.25, -0.2) is 4.79 Å². The van der Waals surface area contributed by atoms with E-state index in [0.717, 1.165) is 41.5 Å². The average molecular weight is 764 g/mol. The number of cyclic esters (lactones) is 1. The molecule has 4 aliphatic rings. The summed E-state index contributed by atoms with van der Waals surface area (Å²) < 4.78 is 47.6. The van der Waals surface area contributed by atoms with Crippen molar-refractivity contribution in [2.45, 2.75) is 122 Å². The van der Waals surface area contributed by atoms with Crippen molar-refractivity contribution in [1.82, 2.24) is 4.98 Å². The van der Waals surface area contributed by atoms with Gasteiger partial charge in [0.1, 0.15) is 41.5 Å². The number of carbonyl (C=O) groups excluding carboxylic acids is 7. The monoisotopic (exact) mass is 763 g/mol. The largest absolute Gasteiger partial charge is 0.465 e. The highest BCUT2D eigenvalue weighted by Gasteiger charge is 2.90. The van der Waals surface area contributed by atoms with Gasteiger partial charge in [-0.1, -0.05) is 13.8 Å². The molecular formula is C36H45NO17. The number of fused-ring (bicyclic) bond motifs is 5. The number of aliphatic hydroxyl groups is 2. The minimum Gasteiger partial charge on any atom is -0.465 e. The molecule has 1 spiro atoms. The fraction of sp³-hybridized carbons (Fsp3) is 0.667. The van der Waals surface area contributed by atoms with Gasteiger partial charge in [-0.3, -0.25) is 33.8 Å². The van der Waals surface area contributed by atoms with Crippen molar-refractivity contribution in [2.75, 3.05) is 13.2 Å². The molecule has 0 unspecified atom stereocenters. The number of hydrogen-bond acceptors (Lipinski definition) is 18. The molecule has 1 aromatic heterocycles. The lowest BCUT2D eigenvalue weighted by molar-refractivity contribution is -0.386. The summed E-state index contributed by atoms with van der Waals surface area (Å²) in [6.07, 6.45) is -9.27. The number of pyridine rings is 1. The molecule has 0 radical (unpaired) electrons. The number of rotatable bonds is 6. The third-order valence-corrected chi connectivity index (χ3v) is 11.2. The molecule has 13 atom stereocenters. The highest BCUT2D eigenvalue weighted by atomic mass is 16.7. The summed E-state index contributed by atoms with van der Waals surface area (Å²) in [7, 11) is 0. The van der Waals surface area contributed by atoms with Crippen LogP contribution in [0.4, 0.5) is 0 Å². The summed E-state index contributed by atoms with van der Waals surface area (Å²) in [4.78, 5) is 96.6. The van der Waals surface area contributed by atoms with Crippen LogP contribution in [0.5, 0.6) is 0 Å². The van der Waals surface area contributed by atoms with E-state index < -0.39 is 132 Å². The van der Waals surface area contributed by atoms with Crippen LogP contribution in [-0.2, 0) is 66.7 Å². The Morgan fingerprint density at radius 1 is 0.852 bits per heavy atom. The van der Waals surface area contributed by atoms with Gasteiger partial charge in [-0.2, -0.15) is 0 Å². The Hall–Kier alpha value is -4.68. The van der Waals surface area contributed by atoms with Crippen molar-refractivity contribution in [3.8, 4) is 0 Å². The van der Waals surface area contributed by atoms with Crippen LogP contribution in [0.2, 0.25) is 0 Å². The van der Waals surface area contributed by atoms with E-state index in [-0.39, 0.29) is 5.56 Å². The maximum Gasteiger partial charge on any atom is 0.340 e. The Morgan fingerprint density at radius 2 is 1.41 bits per heavy atom. The predicted molar refractivity (Wildman–Crippen MR) is 176 cm³/mol. The van der Waals surface area contributed by atoms with E-state index in [2.05, 4.69) is 4.98 Å². The SMILES string of the molecule is CC(=O)OC[C@]12[C@H](OC(C)=O)[C@H](OC(C)=O)[C@@H]3[C@@H](O)[C@@]14O[C@@]3(C)COC(=O)c1cnccc1[C@H](C)[C@H](C)C(=O)O[C@@H]([C@H](OC(C)=O)[C@@H]2OC(C)=O)[C@]4(C)O. The zero-order chi connectivity index (χ0) is 40.3. The number of esters is 7. The third kappa shape index (κ3) is 6.17. The summed E-state index contributed by atoms with van der Waals surface area (Å²) >= 11 is 0. The van der Waals surface area contributed by atoms with Gasteiger partial charge in [0.25, 0.3) is 0 Å². The smallest absolute Gasteiger partial charge is 0.340 e. The van der Waals surface area contributed by atoms with Gasteiger partial charge in [-0.15, -0.1) is 0 Å². The van der Waals surface area contributed by atoms with Crippen molar-refractivity contribution >= 4 is 41.8 Å². The Balaban J connectivity index is 1.95. The zero-order valence-corrected chi connectivity index (χ0v) is 31.3. The van der Waals surface area contributed by atoms with Crippen molar-refractivity contribution in [1.29, 1.82) is 0 Å². The zero-order valence-electron chi connectivity index (χ0n) is 31.3.